The zero-order valence-electron chi connectivity index (χ0n) is 9.08. The summed E-state index contributed by atoms with van der Waals surface area (Å²) in [5.74, 6) is -0.888. The molecule has 0 aliphatic rings. The van der Waals surface area contributed by atoms with Crippen LogP contribution in [0, 0.1) is 0 Å². The van der Waals surface area contributed by atoms with E-state index >= 15 is 0 Å². The molecule has 0 saturated carbocycles. The molecule has 88 valence electrons. The summed E-state index contributed by atoms with van der Waals surface area (Å²) in [6.07, 6.45) is 1.61. The zero-order valence-corrected chi connectivity index (χ0v) is 9.08. The van der Waals surface area contributed by atoms with Gasteiger partial charge in [-0.25, -0.2) is 0 Å². The average Bonchev–Trinajstić information content (AvgIpc) is 2.78. The maximum Gasteiger partial charge on any atom is 0.317 e. The fraction of sp³-hybridized carbons (Fsp3) is 0.182. The fourth-order valence-corrected chi connectivity index (χ4v) is 1.36. The Balaban J connectivity index is 1.99. The molecule has 6 heteroatoms. The van der Waals surface area contributed by atoms with Crippen LogP contribution in [0.25, 0.3) is 5.69 Å². The highest BCUT2D eigenvalue weighted by Crippen LogP contribution is 2.03. The number of hydrogen-bond acceptors (Lipinski definition) is 4. The monoisotopic (exact) mass is 232 g/mol. The van der Waals surface area contributed by atoms with Gasteiger partial charge >= 0.3 is 5.97 Å². The Labute approximate surface area is 97.9 Å². The molecule has 1 aromatic carbocycles. The van der Waals surface area contributed by atoms with Crippen LogP contribution in [0.5, 0.6) is 0 Å². The normalized spacial score (nSPS) is 10.4. The van der Waals surface area contributed by atoms with E-state index in [4.69, 9.17) is 5.11 Å². The van der Waals surface area contributed by atoms with Crippen molar-refractivity contribution < 1.29 is 9.90 Å². The molecule has 1 heterocycles. The van der Waals surface area contributed by atoms with Crippen molar-refractivity contribution in [2.75, 3.05) is 6.54 Å². The molecule has 0 aliphatic heterocycles. The Morgan fingerprint density at radius 3 is 2.82 bits per heavy atom. The summed E-state index contributed by atoms with van der Waals surface area (Å²) in [6, 6.07) is 9.52. The van der Waals surface area contributed by atoms with Gasteiger partial charge in [-0.05, 0) is 12.1 Å². The molecule has 2 rings (SSSR count). The Morgan fingerprint density at radius 1 is 1.35 bits per heavy atom. The minimum Gasteiger partial charge on any atom is -0.480 e. The summed E-state index contributed by atoms with van der Waals surface area (Å²) in [5, 5.41) is 19.6. The Kier molecular flexibility index (Phi) is 3.46. The van der Waals surface area contributed by atoms with Crippen LogP contribution >= 0.6 is 0 Å². The molecule has 0 unspecified atom stereocenters. The number of nitrogens with zero attached hydrogens (tertiary/aromatic N) is 3. The van der Waals surface area contributed by atoms with Crippen molar-refractivity contribution in [3.63, 3.8) is 0 Å². The highest BCUT2D eigenvalue weighted by molar-refractivity contribution is 5.68. The van der Waals surface area contributed by atoms with Crippen molar-refractivity contribution in [3.8, 4) is 5.69 Å². The zero-order chi connectivity index (χ0) is 12.1. The average molecular weight is 232 g/mol. The summed E-state index contributed by atoms with van der Waals surface area (Å²) in [7, 11) is 0. The van der Waals surface area contributed by atoms with Gasteiger partial charge in [-0.2, -0.15) is 15.0 Å². The van der Waals surface area contributed by atoms with Gasteiger partial charge in [0, 0.05) is 6.54 Å². The largest absolute Gasteiger partial charge is 0.480 e. The summed E-state index contributed by atoms with van der Waals surface area (Å²) in [5.41, 5.74) is 1.58. The Bertz CT molecular complexity index is 495. The lowest BCUT2D eigenvalue weighted by Crippen LogP contribution is -2.22. The fourth-order valence-electron chi connectivity index (χ4n) is 1.36. The first kappa shape index (κ1) is 11.3. The third-order valence-corrected chi connectivity index (χ3v) is 2.11. The molecule has 2 aromatic rings. The maximum absolute atomic E-state index is 10.3. The first-order valence-electron chi connectivity index (χ1n) is 5.15. The van der Waals surface area contributed by atoms with Crippen molar-refractivity contribution in [2.24, 2.45) is 0 Å². The molecule has 0 aliphatic carbocycles. The highest BCUT2D eigenvalue weighted by atomic mass is 16.4. The standard InChI is InChI=1S/C11H12N4O2/c16-11(17)8-12-6-9-7-13-15(14-9)10-4-2-1-3-5-10/h1-5,7,12H,6,8H2,(H,16,17). The summed E-state index contributed by atoms with van der Waals surface area (Å²) < 4.78 is 0. The van der Waals surface area contributed by atoms with Crippen LogP contribution in [-0.4, -0.2) is 32.6 Å². The second-order valence-corrected chi connectivity index (χ2v) is 3.46. The smallest absolute Gasteiger partial charge is 0.317 e. The van der Waals surface area contributed by atoms with Crippen LogP contribution in [0.1, 0.15) is 5.69 Å². The van der Waals surface area contributed by atoms with Gasteiger partial charge in [-0.15, -0.1) is 0 Å². The summed E-state index contributed by atoms with van der Waals surface area (Å²) in [6.45, 7) is 0.303. The second-order valence-electron chi connectivity index (χ2n) is 3.46. The van der Waals surface area contributed by atoms with Gasteiger partial charge in [0.1, 0.15) is 0 Å². The minimum atomic E-state index is -0.888. The number of benzene rings is 1. The predicted octanol–water partition coefficient (Wildman–Crippen LogP) is 0.441. The third-order valence-electron chi connectivity index (χ3n) is 2.11. The molecule has 0 bridgehead atoms. The predicted molar refractivity (Wildman–Crippen MR) is 60.7 cm³/mol. The van der Waals surface area contributed by atoms with Crippen LogP contribution in [-0.2, 0) is 11.3 Å². The van der Waals surface area contributed by atoms with Crippen molar-refractivity contribution in [2.45, 2.75) is 6.54 Å². The van der Waals surface area contributed by atoms with Gasteiger partial charge in [-0.1, -0.05) is 18.2 Å². The van der Waals surface area contributed by atoms with Crippen molar-refractivity contribution >= 4 is 5.97 Å². The quantitative estimate of drug-likeness (QED) is 0.782. The molecule has 0 spiro atoms. The number of rotatable bonds is 5. The van der Waals surface area contributed by atoms with Gasteiger partial charge in [0.15, 0.2) is 0 Å². The number of hydrogen-bond donors (Lipinski definition) is 2. The van der Waals surface area contributed by atoms with Gasteiger partial charge < -0.3 is 10.4 Å². The van der Waals surface area contributed by atoms with Crippen molar-refractivity contribution in [3.05, 3.63) is 42.2 Å². The minimum absolute atomic E-state index is 0.0851. The van der Waals surface area contributed by atoms with E-state index in [2.05, 4.69) is 15.5 Å². The number of aromatic nitrogens is 3. The molecule has 2 N–H and O–H groups in total. The summed E-state index contributed by atoms with van der Waals surface area (Å²) >= 11 is 0. The van der Waals surface area contributed by atoms with E-state index in [1.807, 2.05) is 30.3 Å². The second kappa shape index (κ2) is 5.22. The number of para-hydroxylation sites is 1. The first-order chi connectivity index (χ1) is 8.25. The lowest BCUT2D eigenvalue weighted by Gasteiger charge is -1.98. The van der Waals surface area contributed by atoms with Crippen LogP contribution in [0.4, 0.5) is 0 Å². The van der Waals surface area contributed by atoms with Gasteiger partial charge in [0.2, 0.25) is 0 Å². The number of nitrogens with one attached hydrogen (secondary N) is 1. The molecule has 1 aromatic heterocycles. The first-order valence-corrected chi connectivity index (χ1v) is 5.15. The molecule has 0 radical (unpaired) electrons. The van der Waals surface area contributed by atoms with Crippen molar-refractivity contribution in [1.29, 1.82) is 0 Å². The van der Waals surface area contributed by atoms with Crippen LogP contribution < -0.4 is 5.32 Å². The molecule has 0 atom stereocenters. The molecule has 17 heavy (non-hydrogen) atoms. The van der Waals surface area contributed by atoms with Crippen LogP contribution in [0.3, 0.4) is 0 Å². The molecule has 0 amide bonds. The molecule has 0 saturated heterocycles. The molecular weight excluding hydrogens is 220 g/mol. The third kappa shape index (κ3) is 3.12. The van der Waals surface area contributed by atoms with E-state index < -0.39 is 5.97 Å². The van der Waals surface area contributed by atoms with Gasteiger partial charge in [0.05, 0.1) is 24.1 Å². The SMILES string of the molecule is O=C(O)CNCc1cnn(-c2ccccc2)n1. The molecule has 0 fully saturated rings. The van der Waals surface area contributed by atoms with E-state index in [9.17, 15) is 4.79 Å². The van der Waals surface area contributed by atoms with Gasteiger partial charge in [-0.3, -0.25) is 4.79 Å². The van der Waals surface area contributed by atoms with Crippen LogP contribution in [0.15, 0.2) is 36.5 Å². The molecular formula is C11H12N4O2. The van der Waals surface area contributed by atoms with E-state index in [0.717, 1.165) is 5.69 Å². The number of carboxylic acids is 1. The topological polar surface area (TPSA) is 80.0 Å². The number of carboxylic acid groups (broad SMARTS) is 1. The van der Waals surface area contributed by atoms with E-state index in [1.165, 1.54) is 4.80 Å². The van der Waals surface area contributed by atoms with Crippen LogP contribution in [0.2, 0.25) is 0 Å². The van der Waals surface area contributed by atoms with Gasteiger partial charge in [0.25, 0.3) is 0 Å². The summed E-state index contributed by atoms with van der Waals surface area (Å²) in [4.78, 5) is 11.8. The number of carbonyl (C=O) groups is 1. The Hall–Kier alpha value is -2.21. The van der Waals surface area contributed by atoms with Crippen molar-refractivity contribution in [1.82, 2.24) is 20.3 Å². The van der Waals surface area contributed by atoms with E-state index in [1.54, 1.807) is 6.20 Å². The lowest BCUT2D eigenvalue weighted by molar-refractivity contribution is -0.135. The lowest BCUT2D eigenvalue weighted by atomic mass is 10.3. The number of aliphatic carboxylic acids is 1. The highest BCUT2D eigenvalue weighted by Gasteiger charge is 2.02. The van der Waals surface area contributed by atoms with E-state index in [-0.39, 0.29) is 6.54 Å². The molecule has 6 nitrogen and oxygen atoms in total. The Morgan fingerprint density at radius 2 is 2.12 bits per heavy atom. The van der Waals surface area contributed by atoms with E-state index in [0.29, 0.717) is 12.2 Å². The maximum atomic E-state index is 10.3.